The molecule has 0 saturated heterocycles. The minimum absolute atomic E-state index is 0.349. The molecule has 1 saturated carbocycles. The molecule has 1 unspecified atom stereocenters. The van der Waals surface area contributed by atoms with Crippen molar-refractivity contribution < 1.29 is 13.5 Å². The van der Waals surface area contributed by atoms with Crippen molar-refractivity contribution in [3.63, 3.8) is 0 Å². The van der Waals surface area contributed by atoms with Crippen LogP contribution in [-0.4, -0.2) is 31.3 Å². The average molecular weight is 348 g/mol. The van der Waals surface area contributed by atoms with E-state index in [9.17, 15) is 9.00 Å². The molecule has 3 rings (SSSR count). The highest BCUT2D eigenvalue weighted by atomic mass is 32.2. The van der Waals surface area contributed by atoms with Crippen molar-refractivity contribution in [3.8, 4) is 11.5 Å². The lowest BCUT2D eigenvalue weighted by Gasteiger charge is -2.40. The molecule has 8 heteroatoms. The third-order valence-electron chi connectivity index (χ3n) is 4.58. The Balaban J connectivity index is 1.91. The second-order valence-corrected chi connectivity index (χ2v) is 8.79. The van der Waals surface area contributed by atoms with Crippen molar-refractivity contribution in [2.45, 2.75) is 37.9 Å². The molecular weight excluding hydrogens is 328 g/mol. The molecule has 1 aliphatic carbocycles. The molecule has 1 fully saturated rings. The lowest BCUT2D eigenvalue weighted by atomic mass is 9.83. The summed E-state index contributed by atoms with van der Waals surface area (Å²) < 4.78 is 24.2. The highest BCUT2D eigenvalue weighted by molar-refractivity contribution is 7.94. The van der Waals surface area contributed by atoms with E-state index in [1.54, 1.807) is 13.0 Å². The zero-order chi connectivity index (χ0) is 17.5. The van der Waals surface area contributed by atoms with Crippen LogP contribution in [0.4, 0.5) is 5.69 Å². The Labute approximate surface area is 140 Å². The number of aryl methyl sites for hydroxylation is 2. The molecule has 24 heavy (non-hydrogen) atoms. The van der Waals surface area contributed by atoms with Crippen LogP contribution in [0.25, 0.3) is 11.5 Å². The number of amides is 1. The zero-order valence-electron chi connectivity index (χ0n) is 13.9. The molecule has 1 heterocycles. The number of hydrogen-bond donors (Lipinski definition) is 2. The maximum absolute atomic E-state index is 12.7. The molecule has 1 aliphatic rings. The number of nitrogens with zero attached hydrogens (tertiary/aromatic N) is 2. The van der Waals surface area contributed by atoms with Gasteiger partial charge in [0.1, 0.15) is 4.75 Å². The monoisotopic (exact) mass is 348 g/mol. The number of hydrogen-bond acceptors (Lipinski definition) is 6. The van der Waals surface area contributed by atoms with Crippen LogP contribution in [-0.2, 0) is 14.5 Å². The van der Waals surface area contributed by atoms with E-state index in [0.29, 0.717) is 35.8 Å². The second-order valence-electron chi connectivity index (χ2n) is 6.32. The molecule has 1 aromatic carbocycles. The molecule has 1 aromatic heterocycles. The maximum Gasteiger partial charge on any atom is 0.257 e. The number of carbonyl (C=O) groups is 1. The maximum atomic E-state index is 12.7. The summed E-state index contributed by atoms with van der Waals surface area (Å²) in [5, 5.41) is 6.61. The fraction of sp³-hybridized carbons (Fsp3) is 0.438. The Morgan fingerprint density at radius 3 is 2.58 bits per heavy atom. The first-order valence-electron chi connectivity index (χ1n) is 7.69. The van der Waals surface area contributed by atoms with E-state index in [0.717, 1.165) is 12.0 Å². The van der Waals surface area contributed by atoms with Gasteiger partial charge in [-0.2, -0.15) is 4.98 Å². The van der Waals surface area contributed by atoms with Gasteiger partial charge >= 0.3 is 0 Å². The summed E-state index contributed by atoms with van der Waals surface area (Å²) in [6, 6.07) is 5.44. The summed E-state index contributed by atoms with van der Waals surface area (Å²) in [6.45, 7) is 3.60. The summed E-state index contributed by atoms with van der Waals surface area (Å²) >= 11 is 0. The smallest absolute Gasteiger partial charge is 0.257 e. The SMILES string of the molecule is Cc1noc(-c2ccc(C)c(NC(=O)C3(S(C)(=N)=O)CCC3)c2)n1. The van der Waals surface area contributed by atoms with Gasteiger partial charge in [-0.05, 0) is 50.8 Å². The standard InChI is InChI=1S/C16H20N4O3S/c1-10-5-6-12(14-18-11(2)20-23-14)9-13(10)19-15(21)16(7-4-8-16)24(3,17)22/h5-6,9,17H,4,7-8H2,1-3H3,(H,19,21). The zero-order valence-corrected chi connectivity index (χ0v) is 14.7. The second kappa shape index (κ2) is 5.70. The van der Waals surface area contributed by atoms with E-state index in [2.05, 4.69) is 15.5 Å². The predicted octanol–water partition coefficient (Wildman–Crippen LogP) is 2.89. The van der Waals surface area contributed by atoms with Gasteiger partial charge in [0.05, 0.1) is 9.73 Å². The van der Waals surface area contributed by atoms with Gasteiger partial charge < -0.3 is 9.84 Å². The van der Waals surface area contributed by atoms with Gasteiger partial charge in [0.2, 0.25) is 5.91 Å². The molecular formula is C16H20N4O3S. The van der Waals surface area contributed by atoms with Gasteiger partial charge in [-0.25, -0.2) is 4.21 Å². The molecule has 2 aromatic rings. The van der Waals surface area contributed by atoms with E-state index in [4.69, 9.17) is 9.30 Å². The summed E-state index contributed by atoms with van der Waals surface area (Å²) in [6.07, 6.45) is 3.13. The van der Waals surface area contributed by atoms with E-state index < -0.39 is 14.5 Å². The lowest BCUT2D eigenvalue weighted by Crippen LogP contribution is -2.53. The van der Waals surface area contributed by atoms with Crippen LogP contribution in [0.1, 0.15) is 30.7 Å². The molecule has 2 N–H and O–H groups in total. The third kappa shape index (κ3) is 2.71. The Kier molecular flexibility index (Phi) is 3.95. The first-order valence-corrected chi connectivity index (χ1v) is 9.66. The number of benzene rings is 1. The Bertz CT molecular complexity index is 898. The fourth-order valence-corrected chi connectivity index (χ4v) is 4.30. The van der Waals surface area contributed by atoms with Crippen molar-refractivity contribution in [3.05, 3.63) is 29.6 Å². The first kappa shape index (κ1) is 16.6. The molecule has 7 nitrogen and oxygen atoms in total. The fourth-order valence-electron chi connectivity index (χ4n) is 2.83. The van der Waals surface area contributed by atoms with Crippen LogP contribution in [0, 0.1) is 18.6 Å². The van der Waals surface area contributed by atoms with E-state index >= 15 is 0 Å². The van der Waals surface area contributed by atoms with E-state index in [-0.39, 0.29) is 5.91 Å². The summed E-state index contributed by atoms with van der Waals surface area (Å²) in [5.41, 5.74) is 2.16. The van der Waals surface area contributed by atoms with Gasteiger partial charge in [-0.1, -0.05) is 11.2 Å². The van der Waals surface area contributed by atoms with Crippen LogP contribution in [0.2, 0.25) is 0 Å². The molecule has 0 bridgehead atoms. The minimum Gasteiger partial charge on any atom is -0.334 e. The van der Waals surface area contributed by atoms with E-state index in [1.165, 1.54) is 6.26 Å². The van der Waals surface area contributed by atoms with Crippen LogP contribution in [0.5, 0.6) is 0 Å². The van der Waals surface area contributed by atoms with Crippen molar-refractivity contribution >= 4 is 21.3 Å². The Hall–Kier alpha value is -2.22. The van der Waals surface area contributed by atoms with Crippen molar-refractivity contribution in [1.29, 1.82) is 4.78 Å². The quantitative estimate of drug-likeness (QED) is 0.883. The number of anilines is 1. The van der Waals surface area contributed by atoms with Gasteiger partial charge in [0.15, 0.2) is 5.82 Å². The molecule has 0 radical (unpaired) electrons. The Morgan fingerprint density at radius 1 is 1.38 bits per heavy atom. The van der Waals surface area contributed by atoms with Gasteiger partial charge in [0.25, 0.3) is 5.89 Å². The van der Waals surface area contributed by atoms with Crippen molar-refractivity contribution in [2.75, 3.05) is 11.6 Å². The summed E-state index contributed by atoms with van der Waals surface area (Å²) in [7, 11) is -2.97. The molecule has 128 valence electrons. The van der Waals surface area contributed by atoms with Crippen molar-refractivity contribution in [2.24, 2.45) is 0 Å². The average Bonchev–Trinajstić information content (AvgIpc) is 2.85. The topological polar surface area (TPSA) is 109 Å². The van der Waals surface area contributed by atoms with E-state index in [1.807, 2.05) is 19.1 Å². The minimum atomic E-state index is -2.97. The highest BCUT2D eigenvalue weighted by Gasteiger charge is 2.50. The molecule has 0 spiro atoms. The lowest BCUT2D eigenvalue weighted by molar-refractivity contribution is -0.120. The third-order valence-corrected chi connectivity index (χ3v) is 6.67. The largest absolute Gasteiger partial charge is 0.334 e. The number of carbonyl (C=O) groups excluding carboxylic acids is 1. The Morgan fingerprint density at radius 2 is 2.08 bits per heavy atom. The summed E-state index contributed by atoms with van der Waals surface area (Å²) in [5.74, 6) is 0.559. The van der Waals surface area contributed by atoms with Gasteiger partial charge in [-0.3, -0.25) is 9.57 Å². The normalized spacial score (nSPS) is 18.5. The first-order chi connectivity index (χ1) is 11.2. The number of aromatic nitrogens is 2. The van der Waals surface area contributed by atoms with Crippen LogP contribution in [0.3, 0.4) is 0 Å². The molecule has 1 atom stereocenters. The number of rotatable bonds is 4. The highest BCUT2D eigenvalue weighted by Crippen LogP contribution is 2.40. The van der Waals surface area contributed by atoms with Crippen LogP contribution >= 0.6 is 0 Å². The predicted molar refractivity (Wildman–Crippen MR) is 91.2 cm³/mol. The van der Waals surface area contributed by atoms with Gasteiger partial charge in [-0.15, -0.1) is 0 Å². The van der Waals surface area contributed by atoms with Crippen LogP contribution < -0.4 is 5.32 Å². The van der Waals surface area contributed by atoms with Crippen molar-refractivity contribution in [1.82, 2.24) is 10.1 Å². The van der Waals surface area contributed by atoms with Gasteiger partial charge in [0, 0.05) is 17.5 Å². The summed E-state index contributed by atoms with van der Waals surface area (Å²) in [4.78, 5) is 16.9. The molecule has 1 amide bonds. The number of nitrogens with one attached hydrogen (secondary N) is 2. The van der Waals surface area contributed by atoms with Crippen LogP contribution in [0.15, 0.2) is 22.7 Å². The molecule has 0 aliphatic heterocycles.